The number of nitrogens with zero attached hydrogens (tertiary/aromatic N) is 2. The van der Waals surface area contributed by atoms with E-state index in [2.05, 4.69) is 10.3 Å². The van der Waals surface area contributed by atoms with Crippen molar-refractivity contribution in [1.29, 1.82) is 0 Å². The summed E-state index contributed by atoms with van der Waals surface area (Å²) >= 11 is 5.97. The van der Waals surface area contributed by atoms with E-state index in [4.69, 9.17) is 16.3 Å². The number of sulfonamides is 1. The lowest BCUT2D eigenvalue weighted by molar-refractivity contribution is -0.115. The molecule has 7 nitrogen and oxygen atoms in total. The molecule has 1 aromatic heterocycles. The molecule has 0 atom stereocenters. The van der Waals surface area contributed by atoms with E-state index >= 15 is 0 Å². The maximum atomic E-state index is 13.2. The Morgan fingerprint density at radius 1 is 1.13 bits per heavy atom. The van der Waals surface area contributed by atoms with Gasteiger partial charge in [0.05, 0.1) is 29.7 Å². The summed E-state index contributed by atoms with van der Waals surface area (Å²) in [5, 5.41) is 3.09. The van der Waals surface area contributed by atoms with Crippen LogP contribution in [-0.4, -0.2) is 32.5 Å². The number of amides is 1. The second-order valence-electron chi connectivity index (χ2n) is 6.64. The predicted molar refractivity (Wildman–Crippen MR) is 114 cm³/mol. The molecule has 1 aliphatic rings. The first-order chi connectivity index (χ1) is 14.4. The molecule has 9 heteroatoms. The monoisotopic (exact) mass is 443 g/mol. The molecule has 154 valence electrons. The molecule has 3 aromatic rings. The third-order valence-electron chi connectivity index (χ3n) is 4.51. The molecule has 0 unspecified atom stereocenters. The van der Waals surface area contributed by atoms with Crippen molar-refractivity contribution in [2.24, 2.45) is 0 Å². The van der Waals surface area contributed by atoms with Gasteiger partial charge < -0.3 is 10.1 Å². The summed E-state index contributed by atoms with van der Waals surface area (Å²) in [6, 6.07) is 16.9. The van der Waals surface area contributed by atoms with Crippen LogP contribution in [0, 0.1) is 0 Å². The van der Waals surface area contributed by atoms with Crippen LogP contribution in [-0.2, 0) is 21.2 Å². The number of pyridine rings is 1. The SMILES string of the molecule is O=C(Cc1ccccc1)Nc1cnc2c(c1)N(S(=O)(=O)c1cccc(Cl)c1)CCO2. The van der Waals surface area contributed by atoms with Crippen molar-refractivity contribution >= 4 is 38.9 Å². The maximum absolute atomic E-state index is 13.2. The number of anilines is 2. The highest BCUT2D eigenvalue weighted by atomic mass is 35.5. The molecule has 2 heterocycles. The molecule has 4 rings (SSSR count). The molecule has 1 amide bonds. The fourth-order valence-corrected chi connectivity index (χ4v) is 4.88. The van der Waals surface area contributed by atoms with Gasteiger partial charge in [0.1, 0.15) is 12.3 Å². The Hall–Kier alpha value is -3.10. The Morgan fingerprint density at radius 2 is 1.93 bits per heavy atom. The normalized spacial score (nSPS) is 13.3. The zero-order valence-corrected chi connectivity index (χ0v) is 17.4. The van der Waals surface area contributed by atoms with E-state index in [1.807, 2.05) is 30.3 Å². The van der Waals surface area contributed by atoms with Gasteiger partial charge in [-0.15, -0.1) is 0 Å². The fourth-order valence-electron chi connectivity index (χ4n) is 3.14. The molecule has 30 heavy (non-hydrogen) atoms. The van der Waals surface area contributed by atoms with Gasteiger partial charge in [-0.05, 0) is 29.8 Å². The maximum Gasteiger partial charge on any atom is 0.264 e. The van der Waals surface area contributed by atoms with Crippen LogP contribution in [0.25, 0.3) is 0 Å². The Bertz CT molecular complexity index is 1190. The largest absolute Gasteiger partial charge is 0.474 e. The van der Waals surface area contributed by atoms with Crippen molar-refractivity contribution in [3.05, 3.63) is 77.4 Å². The van der Waals surface area contributed by atoms with E-state index in [0.717, 1.165) is 5.56 Å². The van der Waals surface area contributed by atoms with Crippen LogP contribution < -0.4 is 14.4 Å². The van der Waals surface area contributed by atoms with E-state index in [1.165, 1.54) is 22.6 Å². The Kier molecular flexibility index (Phi) is 5.61. The lowest BCUT2D eigenvalue weighted by Gasteiger charge is -2.30. The number of rotatable bonds is 5. The first kappa shape index (κ1) is 20.2. The van der Waals surface area contributed by atoms with Crippen LogP contribution >= 0.6 is 11.6 Å². The van der Waals surface area contributed by atoms with E-state index in [-0.39, 0.29) is 41.9 Å². The molecule has 0 radical (unpaired) electrons. The van der Waals surface area contributed by atoms with Crippen LogP contribution in [0.15, 0.2) is 71.8 Å². The minimum atomic E-state index is -3.88. The molecular weight excluding hydrogens is 426 g/mol. The second kappa shape index (κ2) is 8.33. The van der Waals surface area contributed by atoms with E-state index in [1.54, 1.807) is 18.2 Å². The van der Waals surface area contributed by atoms with Crippen LogP contribution in [0.2, 0.25) is 5.02 Å². The van der Waals surface area contributed by atoms with Gasteiger partial charge in [-0.2, -0.15) is 0 Å². The molecule has 0 aliphatic carbocycles. The highest BCUT2D eigenvalue weighted by Gasteiger charge is 2.31. The minimum absolute atomic E-state index is 0.0707. The lowest BCUT2D eigenvalue weighted by atomic mass is 10.1. The number of benzene rings is 2. The topological polar surface area (TPSA) is 88.6 Å². The summed E-state index contributed by atoms with van der Waals surface area (Å²) in [4.78, 5) is 16.6. The number of hydrogen-bond donors (Lipinski definition) is 1. The van der Waals surface area contributed by atoms with Crippen molar-refractivity contribution in [3.63, 3.8) is 0 Å². The summed E-state index contributed by atoms with van der Waals surface area (Å²) in [5.41, 5.74) is 1.51. The van der Waals surface area contributed by atoms with Gasteiger partial charge >= 0.3 is 0 Å². The summed E-state index contributed by atoms with van der Waals surface area (Å²) in [6.07, 6.45) is 1.64. The summed E-state index contributed by atoms with van der Waals surface area (Å²) in [5.74, 6) is -0.0446. The Balaban J connectivity index is 1.61. The zero-order chi connectivity index (χ0) is 21.1. The van der Waals surface area contributed by atoms with Crippen molar-refractivity contribution in [2.75, 3.05) is 22.8 Å². The quantitative estimate of drug-likeness (QED) is 0.652. The Morgan fingerprint density at radius 3 is 2.70 bits per heavy atom. The minimum Gasteiger partial charge on any atom is -0.474 e. The predicted octanol–water partition coefficient (Wildman–Crippen LogP) is 3.50. The van der Waals surface area contributed by atoms with Crippen molar-refractivity contribution in [2.45, 2.75) is 11.3 Å². The van der Waals surface area contributed by atoms with E-state index < -0.39 is 10.0 Å². The molecule has 1 N–H and O–H groups in total. The number of fused-ring (bicyclic) bond motifs is 1. The highest BCUT2D eigenvalue weighted by molar-refractivity contribution is 7.92. The van der Waals surface area contributed by atoms with Crippen LogP contribution in [0.4, 0.5) is 11.4 Å². The van der Waals surface area contributed by atoms with E-state index in [0.29, 0.717) is 10.7 Å². The number of halogens is 1. The van der Waals surface area contributed by atoms with E-state index in [9.17, 15) is 13.2 Å². The molecule has 0 spiro atoms. The average molecular weight is 444 g/mol. The molecule has 1 aliphatic heterocycles. The van der Waals surface area contributed by atoms with Crippen molar-refractivity contribution in [3.8, 4) is 5.88 Å². The smallest absolute Gasteiger partial charge is 0.264 e. The number of aromatic nitrogens is 1. The summed E-state index contributed by atoms with van der Waals surface area (Å²) in [6.45, 7) is 0.282. The van der Waals surface area contributed by atoms with Gasteiger partial charge in [-0.25, -0.2) is 13.4 Å². The van der Waals surface area contributed by atoms with Gasteiger partial charge in [-0.3, -0.25) is 9.10 Å². The number of carbonyl (C=O) groups excluding carboxylic acids is 1. The van der Waals surface area contributed by atoms with Gasteiger partial charge in [0, 0.05) is 5.02 Å². The van der Waals surface area contributed by atoms with Gasteiger partial charge in [0.25, 0.3) is 10.0 Å². The number of ether oxygens (including phenoxy) is 1. The first-order valence-corrected chi connectivity index (χ1v) is 11.0. The van der Waals surface area contributed by atoms with Gasteiger partial charge in [0.2, 0.25) is 11.8 Å². The lowest BCUT2D eigenvalue weighted by Crippen LogP contribution is -2.38. The third kappa shape index (κ3) is 4.24. The third-order valence-corrected chi connectivity index (χ3v) is 6.55. The van der Waals surface area contributed by atoms with Crippen LogP contribution in [0.3, 0.4) is 0 Å². The molecule has 0 fully saturated rings. The number of nitrogens with one attached hydrogen (secondary N) is 1. The molecule has 2 aromatic carbocycles. The standard InChI is InChI=1S/C21H18ClN3O4S/c22-16-7-4-8-18(12-16)30(27,28)25-9-10-29-21-19(25)13-17(14-23-21)24-20(26)11-15-5-2-1-3-6-15/h1-8,12-14H,9-11H2,(H,24,26). The molecule has 0 saturated carbocycles. The number of hydrogen-bond acceptors (Lipinski definition) is 5. The highest BCUT2D eigenvalue weighted by Crippen LogP contribution is 2.35. The number of carbonyl (C=O) groups is 1. The zero-order valence-electron chi connectivity index (χ0n) is 15.8. The summed E-state index contributed by atoms with van der Waals surface area (Å²) < 4.78 is 33.1. The Labute approximate surface area is 179 Å². The van der Waals surface area contributed by atoms with Crippen molar-refractivity contribution < 1.29 is 17.9 Å². The average Bonchev–Trinajstić information content (AvgIpc) is 2.74. The summed E-state index contributed by atoms with van der Waals surface area (Å²) in [7, 11) is -3.88. The van der Waals surface area contributed by atoms with Crippen molar-refractivity contribution in [1.82, 2.24) is 4.98 Å². The van der Waals surface area contributed by atoms with Crippen LogP contribution in [0.5, 0.6) is 5.88 Å². The second-order valence-corrected chi connectivity index (χ2v) is 8.94. The molecule has 0 bridgehead atoms. The van der Waals surface area contributed by atoms with Gasteiger partial charge in [-0.1, -0.05) is 48.0 Å². The molecular formula is C21H18ClN3O4S. The molecule has 0 saturated heterocycles. The van der Waals surface area contributed by atoms with Crippen LogP contribution in [0.1, 0.15) is 5.56 Å². The fraction of sp³-hybridized carbons (Fsp3) is 0.143. The van der Waals surface area contributed by atoms with Gasteiger partial charge in [0.15, 0.2) is 0 Å². The first-order valence-electron chi connectivity index (χ1n) is 9.18.